The number of hydrogen-bond donors (Lipinski definition) is 1. The van der Waals surface area contributed by atoms with Gasteiger partial charge in [0.2, 0.25) is 5.72 Å². The number of pyridine rings is 1. The van der Waals surface area contributed by atoms with Gasteiger partial charge >= 0.3 is 12.1 Å². The maximum atomic E-state index is 12.5. The number of nitrogens with zero attached hydrogens (tertiary/aromatic N) is 1. The second-order valence-electron chi connectivity index (χ2n) is 4.37. The molecular weight excluding hydrogens is 321 g/mol. The normalized spacial score (nSPS) is 14.2. The summed E-state index contributed by atoms with van der Waals surface area (Å²) in [6.45, 7) is 0. The molecule has 0 aliphatic carbocycles. The van der Waals surface area contributed by atoms with Gasteiger partial charge in [-0.3, -0.25) is 10.7 Å². The number of rotatable bonds is 3. The largest absolute Gasteiger partial charge is 0.491 e. The van der Waals surface area contributed by atoms with Crippen LogP contribution in [0, 0.1) is 0 Å². The highest BCUT2D eigenvalue weighted by Gasteiger charge is 2.46. The molecule has 8 heteroatoms. The first-order chi connectivity index (χ1) is 10.2. The van der Waals surface area contributed by atoms with Gasteiger partial charge in [-0.15, -0.1) is 0 Å². The minimum absolute atomic E-state index is 0.140. The zero-order valence-corrected chi connectivity index (χ0v) is 11.7. The molecule has 1 atom stereocenters. The molecule has 0 aliphatic rings. The Kier molecular flexibility index (Phi) is 4.39. The molecule has 0 saturated heterocycles. The predicted octanol–water partition coefficient (Wildman–Crippen LogP) is 3.00. The Balaban J connectivity index is 2.50. The second-order valence-corrected chi connectivity index (χ2v) is 4.80. The molecule has 0 spiro atoms. The number of carbonyl (C=O) groups is 1. The Morgan fingerprint density at radius 1 is 1.05 bits per heavy atom. The van der Waals surface area contributed by atoms with Crippen molar-refractivity contribution < 1.29 is 22.7 Å². The number of esters is 1. The molecule has 2 rings (SSSR count). The monoisotopic (exact) mass is 330 g/mol. The van der Waals surface area contributed by atoms with Gasteiger partial charge in [-0.25, -0.2) is 4.79 Å². The van der Waals surface area contributed by atoms with Crippen LogP contribution in [0.5, 0.6) is 0 Å². The van der Waals surface area contributed by atoms with E-state index in [2.05, 4.69) is 9.72 Å². The number of benzene rings is 1. The quantitative estimate of drug-likeness (QED) is 0.694. The Morgan fingerprint density at radius 2 is 1.55 bits per heavy atom. The summed E-state index contributed by atoms with van der Waals surface area (Å²) in [4.78, 5) is 15.0. The van der Waals surface area contributed by atoms with Gasteiger partial charge in [0, 0.05) is 28.5 Å². The van der Waals surface area contributed by atoms with Gasteiger partial charge in [-0.05, 0) is 24.3 Å². The summed E-state index contributed by atoms with van der Waals surface area (Å²) in [5.41, 5.74) is 4.14. The van der Waals surface area contributed by atoms with E-state index in [0.29, 0.717) is 5.02 Å². The summed E-state index contributed by atoms with van der Waals surface area (Å²) >= 11 is 5.75. The second kappa shape index (κ2) is 5.94. The lowest BCUT2D eigenvalue weighted by molar-refractivity contribution is -0.211. The third-order valence-electron chi connectivity index (χ3n) is 2.87. The topological polar surface area (TPSA) is 65.2 Å². The van der Waals surface area contributed by atoms with E-state index < -0.39 is 17.9 Å². The van der Waals surface area contributed by atoms with Gasteiger partial charge < -0.3 is 4.74 Å². The maximum Gasteiger partial charge on any atom is 0.491 e. The summed E-state index contributed by atoms with van der Waals surface area (Å²) in [5.74, 6) is -2.39. The lowest BCUT2D eigenvalue weighted by Crippen LogP contribution is -2.45. The van der Waals surface area contributed by atoms with Crippen LogP contribution < -0.4 is 5.73 Å². The molecule has 0 saturated carbocycles. The number of carbonyl (C=O) groups excluding carboxylic acids is 1. The van der Waals surface area contributed by atoms with E-state index in [1.54, 1.807) is 0 Å². The van der Waals surface area contributed by atoms with Gasteiger partial charge in [0.15, 0.2) is 0 Å². The molecule has 1 aromatic heterocycles. The highest BCUT2D eigenvalue weighted by molar-refractivity contribution is 6.30. The van der Waals surface area contributed by atoms with E-state index in [-0.39, 0.29) is 11.1 Å². The van der Waals surface area contributed by atoms with E-state index in [1.807, 2.05) is 0 Å². The summed E-state index contributed by atoms with van der Waals surface area (Å²) in [6.07, 6.45) is -2.51. The maximum absolute atomic E-state index is 12.5. The first-order valence-electron chi connectivity index (χ1n) is 5.99. The van der Waals surface area contributed by atoms with Crippen molar-refractivity contribution in [1.29, 1.82) is 0 Å². The molecule has 0 fully saturated rings. The molecule has 0 bridgehead atoms. The van der Waals surface area contributed by atoms with Crippen molar-refractivity contribution in [2.24, 2.45) is 5.73 Å². The Bertz CT molecular complexity index is 662. The fourth-order valence-corrected chi connectivity index (χ4v) is 1.91. The van der Waals surface area contributed by atoms with Crippen molar-refractivity contribution in [1.82, 2.24) is 4.98 Å². The number of hydrogen-bond acceptors (Lipinski definition) is 4. The first kappa shape index (κ1) is 16.3. The summed E-state index contributed by atoms with van der Waals surface area (Å²) in [7, 11) is 0. The number of ether oxygens (including phenoxy) is 1. The van der Waals surface area contributed by atoms with Crippen LogP contribution in [0.1, 0.15) is 11.1 Å². The lowest BCUT2D eigenvalue weighted by Gasteiger charge is -2.30. The molecule has 1 heterocycles. The molecule has 2 aromatic rings. The smallest absolute Gasteiger partial charge is 0.429 e. The molecule has 2 N–H and O–H groups in total. The number of nitrogens with two attached hydrogens (primary N) is 1. The fraction of sp³-hybridized carbons (Fsp3) is 0.143. The standard InChI is InChI=1S/C14H10ClF3N2O2/c15-11-3-1-9(2-4-11)13(19,10-5-7-20-8-6-10)22-12(21)14(16,17)18/h1-8H,19H2. The number of halogens is 4. The zero-order valence-electron chi connectivity index (χ0n) is 11.0. The SMILES string of the molecule is NC(OC(=O)C(F)(F)F)(c1ccncc1)c1ccc(Cl)cc1. The summed E-state index contributed by atoms with van der Waals surface area (Å²) < 4.78 is 42.1. The third kappa shape index (κ3) is 3.37. The van der Waals surface area contributed by atoms with Crippen molar-refractivity contribution >= 4 is 17.6 Å². The van der Waals surface area contributed by atoms with Gasteiger partial charge in [-0.1, -0.05) is 23.7 Å². The highest BCUT2D eigenvalue weighted by Crippen LogP contribution is 2.31. The Hall–Kier alpha value is -2.12. The van der Waals surface area contributed by atoms with Crippen LogP contribution in [0.4, 0.5) is 13.2 Å². The van der Waals surface area contributed by atoms with E-state index in [0.717, 1.165) is 0 Å². The van der Waals surface area contributed by atoms with E-state index in [1.165, 1.54) is 48.8 Å². The minimum atomic E-state index is -5.16. The first-order valence-corrected chi connectivity index (χ1v) is 6.37. The summed E-state index contributed by atoms with van der Waals surface area (Å²) in [5, 5.41) is 0.364. The van der Waals surface area contributed by atoms with Crippen LogP contribution in [0.15, 0.2) is 48.8 Å². The zero-order chi connectivity index (χ0) is 16.4. The molecule has 22 heavy (non-hydrogen) atoms. The Morgan fingerprint density at radius 3 is 2.05 bits per heavy atom. The Labute approximate surface area is 128 Å². The van der Waals surface area contributed by atoms with Gasteiger partial charge in [0.25, 0.3) is 0 Å². The molecule has 0 aliphatic heterocycles. The number of aromatic nitrogens is 1. The van der Waals surface area contributed by atoms with Crippen molar-refractivity contribution in [3.05, 3.63) is 64.9 Å². The molecule has 0 radical (unpaired) electrons. The molecule has 0 amide bonds. The van der Waals surface area contributed by atoms with Crippen LogP contribution in [0.2, 0.25) is 5.02 Å². The van der Waals surface area contributed by atoms with Crippen molar-refractivity contribution in [2.75, 3.05) is 0 Å². The van der Waals surface area contributed by atoms with Gasteiger partial charge in [0.1, 0.15) is 0 Å². The van der Waals surface area contributed by atoms with E-state index in [9.17, 15) is 18.0 Å². The minimum Gasteiger partial charge on any atom is -0.429 e. The van der Waals surface area contributed by atoms with Crippen LogP contribution in [0.25, 0.3) is 0 Å². The van der Waals surface area contributed by atoms with Crippen LogP contribution in [-0.2, 0) is 15.3 Å². The predicted molar refractivity (Wildman–Crippen MR) is 72.8 cm³/mol. The summed E-state index contributed by atoms with van der Waals surface area (Å²) in [6, 6.07) is 8.34. The van der Waals surface area contributed by atoms with Crippen LogP contribution in [-0.4, -0.2) is 17.1 Å². The lowest BCUT2D eigenvalue weighted by atomic mass is 9.96. The molecule has 1 unspecified atom stereocenters. The highest BCUT2D eigenvalue weighted by atomic mass is 35.5. The average molecular weight is 331 g/mol. The average Bonchev–Trinajstić information content (AvgIpc) is 2.47. The van der Waals surface area contributed by atoms with Crippen molar-refractivity contribution in [2.45, 2.75) is 11.9 Å². The van der Waals surface area contributed by atoms with Crippen LogP contribution >= 0.6 is 11.6 Å². The van der Waals surface area contributed by atoms with E-state index in [4.69, 9.17) is 17.3 Å². The molecule has 4 nitrogen and oxygen atoms in total. The van der Waals surface area contributed by atoms with E-state index >= 15 is 0 Å². The van der Waals surface area contributed by atoms with Crippen molar-refractivity contribution in [3.63, 3.8) is 0 Å². The molecule has 116 valence electrons. The van der Waals surface area contributed by atoms with Crippen LogP contribution in [0.3, 0.4) is 0 Å². The van der Waals surface area contributed by atoms with Gasteiger partial charge in [-0.2, -0.15) is 13.2 Å². The van der Waals surface area contributed by atoms with Crippen molar-refractivity contribution in [3.8, 4) is 0 Å². The molecular formula is C14H10ClF3N2O2. The number of alkyl halides is 3. The third-order valence-corrected chi connectivity index (χ3v) is 3.12. The fourth-order valence-electron chi connectivity index (χ4n) is 1.79. The molecule has 1 aromatic carbocycles. The van der Waals surface area contributed by atoms with Gasteiger partial charge in [0.05, 0.1) is 0 Å².